The summed E-state index contributed by atoms with van der Waals surface area (Å²) in [6, 6.07) is 9.60. The van der Waals surface area contributed by atoms with E-state index in [1.807, 2.05) is 49.9 Å². The molecule has 212 valence electrons. The molecule has 13 nitrogen and oxygen atoms in total. The lowest BCUT2D eigenvalue weighted by molar-refractivity contribution is -0.122. The van der Waals surface area contributed by atoms with Crippen molar-refractivity contribution < 1.29 is 23.9 Å². The van der Waals surface area contributed by atoms with E-state index in [2.05, 4.69) is 0 Å². The first-order chi connectivity index (χ1) is 18.1. The largest absolute Gasteiger partial charge is 0.377 e. The fourth-order valence-corrected chi connectivity index (χ4v) is 4.53. The molecule has 0 bridgehead atoms. The second kappa shape index (κ2) is 16.7. The van der Waals surface area contributed by atoms with Gasteiger partial charge in [0.05, 0.1) is 32.8 Å². The fourth-order valence-electron chi connectivity index (χ4n) is 4.53. The Morgan fingerprint density at radius 3 is 1.68 bits per heavy atom. The van der Waals surface area contributed by atoms with Crippen molar-refractivity contribution >= 4 is 23.6 Å². The molecule has 1 atom stereocenters. The van der Waals surface area contributed by atoms with Crippen molar-refractivity contribution in [3.8, 4) is 0 Å². The summed E-state index contributed by atoms with van der Waals surface area (Å²) in [5.74, 6) is -1.91. The van der Waals surface area contributed by atoms with Gasteiger partial charge in [0.15, 0.2) is 0 Å². The van der Waals surface area contributed by atoms with Gasteiger partial charge in [-0.05, 0) is 12.0 Å². The van der Waals surface area contributed by atoms with Crippen molar-refractivity contribution in [1.29, 1.82) is 0 Å². The van der Waals surface area contributed by atoms with Crippen molar-refractivity contribution in [2.45, 2.75) is 19.1 Å². The molecule has 1 aliphatic heterocycles. The highest BCUT2D eigenvalue weighted by Gasteiger charge is 2.26. The third-order valence-electron chi connectivity index (χ3n) is 6.36. The Bertz CT molecular complexity index is 903. The van der Waals surface area contributed by atoms with Crippen molar-refractivity contribution in [1.82, 2.24) is 19.6 Å². The van der Waals surface area contributed by atoms with Crippen LogP contribution in [0.5, 0.6) is 0 Å². The lowest BCUT2D eigenvalue weighted by atomic mass is 10.1. The minimum absolute atomic E-state index is 0.00593. The molecular weight excluding hydrogens is 492 g/mol. The van der Waals surface area contributed by atoms with E-state index in [4.69, 9.17) is 27.7 Å². The van der Waals surface area contributed by atoms with Crippen molar-refractivity contribution in [2.24, 2.45) is 22.9 Å². The van der Waals surface area contributed by atoms with Gasteiger partial charge in [-0.2, -0.15) is 0 Å². The maximum Gasteiger partial charge on any atom is 0.231 e. The molecule has 1 aliphatic rings. The van der Waals surface area contributed by atoms with E-state index in [1.165, 1.54) is 0 Å². The van der Waals surface area contributed by atoms with Crippen molar-refractivity contribution in [3.05, 3.63) is 35.9 Å². The Morgan fingerprint density at radius 1 is 0.684 bits per heavy atom. The molecule has 0 aromatic heterocycles. The molecular formula is C25H42N8O5. The predicted molar refractivity (Wildman–Crippen MR) is 142 cm³/mol. The minimum atomic E-state index is -0.483. The van der Waals surface area contributed by atoms with Gasteiger partial charge in [-0.25, -0.2) is 0 Å². The van der Waals surface area contributed by atoms with Gasteiger partial charge in [-0.15, -0.1) is 0 Å². The quantitative estimate of drug-likeness (QED) is 0.192. The molecule has 1 aromatic rings. The third-order valence-corrected chi connectivity index (χ3v) is 6.36. The first-order valence-electron chi connectivity index (χ1n) is 12.8. The van der Waals surface area contributed by atoms with Crippen molar-refractivity contribution in [2.75, 3.05) is 78.6 Å². The molecule has 2 rings (SSSR count). The summed E-state index contributed by atoms with van der Waals surface area (Å²) in [6.07, 6.45) is 0.566. The van der Waals surface area contributed by atoms with E-state index >= 15 is 0 Å². The summed E-state index contributed by atoms with van der Waals surface area (Å²) < 4.78 is 5.92. The molecule has 1 unspecified atom stereocenters. The van der Waals surface area contributed by atoms with E-state index in [1.54, 1.807) is 0 Å². The van der Waals surface area contributed by atoms with Crippen LogP contribution in [0.15, 0.2) is 30.3 Å². The Morgan fingerprint density at radius 2 is 1.16 bits per heavy atom. The summed E-state index contributed by atoms with van der Waals surface area (Å²) in [7, 11) is 0. The number of benzene rings is 1. The lowest BCUT2D eigenvalue weighted by Gasteiger charge is -2.38. The number of ether oxygens (including phenoxy) is 1. The van der Waals surface area contributed by atoms with Crippen LogP contribution in [-0.2, 0) is 30.5 Å². The number of carbonyl (C=O) groups is 4. The van der Waals surface area contributed by atoms with E-state index in [0.717, 1.165) is 5.56 Å². The summed E-state index contributed by atoms with van der Waals surface area (Å²) >= 11 is 0. The van der Waals surface area contributed by atoms with Crippen LogP contribution in [0.25, 0.3) is 0 Å². The molecule has 0 aliphatic carbocycles. The number of carbonyl (C=O) groups excluding carboxylic acids is 4. The van der Waals surface area contributed by atoms with Gasteiger partial charge in [0.25, 0.3) is 0 Å². The zero-order valence-corrected chi connectivity index (χ0v) is 22.0. The highest BCUT2D eigenvalue weighted by Crippen LogP contribution is 2.11. The number of amides is 4. The summed E-state index contributed by atoms with van der Waals surface area (Å²) in [5, 5.41) is 0. The van der Waals surface area contributed by atoms with E-state index in [9.17, 15) is 19.2 Å². The standard InChI is InChI=1S/C25H42N8O5/c26-22(34)15-30-7-8-31(16-23(27)35)11-12-33(18-25(29)37)21(14-32(10-9-30)17-24(28)36)6-13-38-19-20-4-2-1-3-5-20/h1-5,21H,6-19H2,(H2,26,34)(H2,27,35)(H2,28,36)(H2,29,37). The van der Waals surface area contributed by atoms with Crippen LogP contribution in [0.1, 0.15) is 12.0 Å². The average molecular weight is 535 g/mol. The first kappa shape index (κ1) is 31.1. The lowest BCUT2D eigenvalue weighted by Crippen LogP contribution is -2.54. The van der Waals surface area contributed by atoms with Crippen LogP contribution in [0.2, 0.25) is 0 Å². The maximum absolute atomic E-state index is 12.0. The Balaban J connectivity index is 2.23. The molecule has 1 heterocycles. The van der Waals surface area contributed by atoms with Gasteiger partial charge >= 0.3 is 0 Å². The summed E-state index contributed by atoms with van der Waals surface area (Å²) in [4.78, 5) is 54.8. The summed E-state index contributed by atoms with van der Waals surface area (Å²) in [6.45, 7) is 4.08. The first-order valence-corrected chi connectivity index (χ1v) is 12.8. The SMILES string of the molecule is NC(=O)CN1CCN(CC(N)=O)CCN(CC(N)=O)C(CCOCc2ccccc2)CN(CC(N)=O)CC1. The van der Waals surface area contributed by atoms with Gasteiger partial charge in [-0.3, -0.25) is 38.8 Å². The third kappa shape index (κ3) is 12.9. The number of nitrogens with two attached hydrogens (primary N) is 4. The fraction of sp³-hybridized carbons (Fsp3) is 0.600. The predicted octanol–water partition coefficient (Wildman–Crippen LogP) is -2.88. The van der Waals surface area contributed by atoms with Crippen LogP contribution >= 0.6 is 0 Å². The Hall–Kier alpha value is -3.10. The molecule has 1 aromatic carbocycles. The van der Waals surface area contributed by atoms with E-state index < -0.39 is 23.6 Å². The smallest absolute Gasteiger partial charge is 0.231 e. The minimum Gasteiger partial charge on any atom is -0.377 e. The number of nitrogens with zero attached hydrogens (tertiary/aromatic N) is 4. The molecule has 0 saturated carbocycles. The second-order valence-corrected chi connectivity index (χ2v) is 9.60. The molecule has 1 fully saturated rings. The monoisotopic (exact) mass is 534 g/mol. The topological polar surface area (TPSA) is 195 Å². The van der Waals surface area contributed by atoms with Crippen LogP contribution < -0.4 is 22.9 Å². The summed E-state index contributed by atoms with van der Waals surface area (Å²) in [5.41, 5.74) is 23.1. The van der Waals surface area contributed by atoms with Gasteiger partial charge < -0.3 is 27.7 Å². The van der Waals surface area contributed by atoms with Gasteiger partial charge in [0.2, 0.25) is 23.6 Å². The number of rotatable bonds is 13. The molecule has 8 N–H and O–H groups in total. The average Bonchev–Trinajstić information content (AvgIpc) is 2.83. The molecule has 1 saturated heterocycles. The van der Waals surface area contributed by atoms with Crippen LogP contribution in [0.3, 0.4) is 0 Å². The highest BCUT2D eigenvalue weighted by molar-refractivity contribution is 5.77. The van der Waals surface area contributed by atoms with Gasteiger partial charge in [0, 0.05) is 58.5 Å². The molecule has 13 heteroatoms. The normalized spacial score (nSPS) is 19.3. The molecule has 38 heavy (non-hydrogen) atoms. The molecule has 0 spiro atoms. The van der Waals surface area contributed by atoms with Gasteiger partial charge in [0.1, 0.15) is 0 Å². The van der Waals surface area contributed by atoms with E-state index in [-0.39, 0.29) is 32.2 Å². The van der Waals surface area contributed by atoms with Gasteiger partial charge in [-0.1, -0.05) is 30.3 Å². The van der Waals surface area contributed by atoms with Crippen LogP contribution in [0, 0.1) is 0 Å². The highest BCUT2D eigenvalue weighted by atomic mass is 16.5. The number of hydrogen-bond donors (Lipinski definition) is 4. The molecule has 4 amide bonds. The second-order valence-electron chi connectivity index (χ2n) is 9.60. The Labute approximate surface area is 224 Å². The van der Waals surface area contributed by atoms with Crippen molar-refractivity contribution in [3.63, 3.8) is 0 Å². The Kier molecular flexibility index (Phi) is 13.7. The number of primary amides is 4. The zero-order valence-electron chi connectivity index (χ0n) is 22.0. The molecule has 0 radical (unpaired) electrons. The van der Waals surface area contributed by atoms with Crippen LogP contribution in [-0.4, -0.2) is 128 Å². The maximum atomic E-state index is 12.0. The van der Waals surface area contributed by atoms with E-state index in [0.29, 0.717) is 65.4 Å². The zero-order chi connectivity index (χ0) is 27.9. The number of hydrogen-bond acceptors (Lipinski definition) is 9. The van der Waals surface area contributed by atoms with Crippen LogP contribution in [0.4, 0.5) is 0 Å².